The first-order valence-electron chi connectivity index (χ1n) is 7.52. The topological polar surface area (TPSA) is 29.5 Å². The predicted molar refractivity (Wildman–Crippen MR) is 85.8 cm³/mol. The van der Waals surface area contributed by atoms with Gasteiger partial charge in [-0.3, -0.25) is 4.79 Å². The Hall–Kier alpha value is -0.570. The SMILES string of the molecule is COC(=O)CC(C)(C)CN(C)CC(C)(C)CC(C)(C)C. The number of hydrogen-bond acceptors (Lipinski definition) is 3. The zero-order valence-corrected chi connectivity index (χ0v) is 15.1. The standard InChI is InChI=1S/C17H35NO2/c1-15(2,3)11-17(6,7)13-18(8)12-16(4,5)10-14(19)20-9/h10-13H2,1-9H3. The van der Waals surface area contributed by atoms with Crippen LogP contribution in [-0.2, 0) is 9.53 Å². The van der Waals surface area contributed by atoms with E-state index in [-0.39, 0.29) is 16.8 Å². The van der Waals surface area contributed by atoms with E-state index >= 15 is 0 Å². The van der Waals surface area contributed by atoms with Gasteiger partial charge in [-0.2, -0.15) is 0 Å². The van der Waals surface area contributed by atoms with Gasteiger partial charge in [-0.15, -0.1) is 0 Å². The lowest BCUT2D eigenvalue weighted by Gasteiger charge is -2.38. The lowest BCUT2D eigenvalue weighted by atomic mass is 9.76. The Morgan fingerprint density at radius 3 is 1.80 bits per heavy atom. The van der Waals surface area contributed by atoms with Crippen LogP contribution in [-0.4, -0.2) is 38.1 Å². The van der Waals surface area contributed by atoms with Crippen LogP contribution in [0.15, 0.2) is 0 Å². The smallest absolute Gasteiger partial charge is 0.306 e. The number of carbonyl (C=O) groups excluding carboxylic acids is 1. The molecule has 3 nitrogen and oxygen atoms in total. The Morgan fingerprint density at radius 1 is 0.950 bits per heavy atom. The molecule has 0 saturated carbocycles. The summed E-state index contributed by atoms with van der Waals surface area (Å²) in [5, 5.41) is 0. The molecular formula is C17H35NO2. The summed E-state index contributed by atoms with van der Waals surface area (Å²) < 4.78 is 4.78. The number of methoxy groups -OCH3 is 1. The predicted octanol–water partition coefficient (Wildman–Crippen LogP) is 3.97. The van der Waals surface area contributed by atoms with E-state index in [9.17, 15) is 4.79 Å². The second kappa shape index (κ2) is 6.93. The van der Waals surface area contributed by atoms with Gasteiger partial charge in [-0.1, -0.05) is 48.5 Å². The number of hydrogen-bond donors (Lipinski definition) is 0. The summed E-state index contributed by atoms with van der Waals surface area (Å²) in [6, 6.07) is 0. The van der Waals surface area contributed by atoms with Crippen molar-refractivity contribution >= 4 is 5.97 Å². The van der Waals surface area contributed by atoms with Gasteiger partial charge >= 0.3 is 5.97 Å². The minimum atomic E-state index is -0.127. The fraction of sp³-hybridized carbons (Fsp3) is 0.941. The molecule has 0 aromatic rings. The van der Waals surface area contributed by atoms with Crippen molar-refractivity contribution in [2.45, 2.75) is 61.3 Å². The Balaban J connectivity index is 4.47. The van der Waals surface area contributed by atoms with Gasteiger partial charge in [-0.05, 0) is 29.7 Å². The van der Waals surface area contributed by atoms with Crippen LogP contribution in [0.4, 0.5) is 0 Å². The van der Waals surface area contributed by atoms with Crippen LogP contribution in [0.2, 0.25) is 0 Å². The minimum absolute atomic E-state index is 0.0559. The maximum atomic E-state index is 11.4. The van der Waals surface area contributed by atoms with Crippen molar-refractivity contribution in [1.29, 1.82) is 0 Å². The first-order chi connectivity index (χ1) is 8.76. The molecule has 120 valence electrons. The molecular weight excluding hydrogens is 250 g/mol. The van der Waals surface area contributed by atoms with Gasteiger partial charge in [0.05, 0.1) is 13.5 Å². The average molecular weight is 285 g/mol. The number of rotatable bonds is 7. The number of nitrogens with zero attached hydrogens (tertiary/aromatic N) is 1. The molecule has 0 bridgehead atoms. The van der Waals surface area contributed by atoms with Crippen LogP contribution in [0, 0.1) is 16.2 Å². The highest BCUT2D eigenvalue weighted by molar-refractivity contribution is 5.69. The molecule has 0 amide bonds. The third-order valence-electron chi connectivity index (χ3n) is 3.26. The molecule has 3 heteroatoms. The van der Waals surface area contributed by atoms with Crippen LogP contribution >= 0.6 is 0 Å². The molecule has 0 fully saturated rings. The Morgan fingerprint density at radius 2 is 1.40 bits per heavy atom. The highest BCUT2D eigenvalue weighted by atomic mass is 16.5. The highest BCUT2D eigenvalue weighted by Crippen LogP contribution is 2.34. The van der Waals surface area contributed by atoms with Gasteiger partial charge in [0, 0.05) is 13.1 Å². The Labute approximate surface area is 126 Å². The number of carbonyl (C=O) groups is 1. The monoisotopic (exact) mass is 285 g/mol. The quantitative estimate of drug-likeness (QED) is 0.663. The summed E-state index contributed by atoms with van der Waals surface area (Å²) in [6.45, 7) is 17.7. The summed E-state index contributed by atoms with van der Waals surface area (Å²) in [6.07, 6.45) is 1.65. The number of ether oxygens (including phenoxy) is 1. The van der Waals surface area contributed by atoms with Crippen molar-refractivity contribution in [1.82, 2.24) is 4.90 Å². The molecule has 0 saturated heterocycles. The normalized spacial score (nSPS) is 13.7. The second-order valence-electron chi connectivity index (χ2n) is 8.99. The molecule has 20 heavy (non-hydrogen) atoms. The molecule has 0 atom stereocenters. The first-order valence-corrected chi connectivity index (χ1v) is 7.52. The van der Waals surface area contributed by atoms with Crippen LogP contribution in [0.1, 0.15) is 61.3 Å². The van der Waals surface area contributed by atoms with Crippen LogP contribution in [0.25, 0.3) is 0 Å². The van der Waals surface area contributed by atoms with E-state index in [0.717, 1.165) is 13.1 Å². The molecule has 0 heterocycles. The van der Waals surface area contributed by atoms with Crippen molar-refractivity contribution in [3.8, 4) is 0 Å². The molecule has 0 aromatic carbocycles. The Bertz CT molecular complexity index is 313. The molecule has 0 N–H and O–H groups in total. The third-order valence-corrected chi connectivity index (χ3v) is 3.26. The van der Waals surface area contributed by atoms with E-state index in [1.165, 1.54) is 13.5 Å². The summed E-state index contributed by atoms with van der Waals surface area (Å²) in [4.78, 5) is 13.8. The van der Waals surface area contributed by atoms with Gasteiger partial charge in [0.15, 0.2) is 0 Å². The van der Waals surface area contributed by atoms with Gasteiger partial charge in [0.1, 0.15) is 0 Å². The lowest BCUT2D eigenvalue weighted by Crippen LogP contribution is -2.39. The zero-order valence-electron chi connectivity index (χ0n) is 15.1. The van der Waals surface area contributed by atoms with Crippen molar-refractivity contribution in [3.05, 3.63) is 0 Å². The van der Waals surface area contributed by atoms with E-state index in [1.54, 1.807) is 0 Å². The number of esters is 1. The molecule has 0 aromatic heterocycles. The fourth-order valence-corrected chi connectivity index (χ4v) is 3.53. The molecule has 0 unspecified atom stereocenters. The maximum Gasteiger partial charge on any atom is 0.306 e. The molecule has 0 rings (SSSR count). The van der Waals surface area contributed by atoms with Gasteiger partial charge in [0.2, 0.25) is 0 Å². The molecule has 0 aliphatic heterocycles. The summed E-state index contributed by atoms with van der Waals surface area (Å²) >= 11 is 0. The van der Waals surface area contributed by atoms with Gasteiger partial charge in [-0.25, -0.2) is 0 Å². The summed E-state index contributed by atoms with van der Waals surface area (Å²) in [5.41, 5.74) is 0.555. The van der Waals surface area contributed by atoms with Crippen molar-refractivity contribution in [3.63, 3.8) is 0 Å². The molecule has 0 spiro atoms. The van der Waals surface area contributed by atoms with E-state index in [2.05, 4.69) is 60.4 Å². The van der Waals surface area contributed by atoms with Crippen LogP contribution in [0.5, 0.6) is 0 Å². The Kier molecular flexibility index (Phi) is 6.73. The first kappa shape index (κ1) is 19.4. The second-order valence-corrected chi connectivity index (χ2v) is 8.99. The zero-order chi connectivity index (χ0) is 16.2. The summed E-state index contributed by atoms with van der Waals surface area (Å²) in [7, 11) is 3.60. The van der Waals surface area contributed by atoms with Crippen molar-refractivity contribution in [2.24, 2.45) is 16.2 Å². The molecule has 0 radical (unpaired) electrons. The largest absolute Gasteiger partial charge is 0.469 e. The highest BCUT2D eigenvalue weighted by Gasteiger charge is 2.30. The average Bonchev–Trinajstić information content (AvgIpc) is 2.09. The fourth-order valence-electron chi connectivity index (χ4n) is 3.53. The van der Waals surface area contributed by atoms with Crippen molar-refractivity contribution in [2.75, 3.05) is 27.2 Å². The van der Waals surface area contributed by atoms with Crippen LogP contribution < -0.4 is 0 Å². The van der Waals surface area contributed by atoms with E-state index in [1.807, 2.05) is 0 Å². The van der Waals surface area contributed by atoms with Gasteiger partial charge < -0.3 is 9.64 Å². The molecule has 0 aliphatic rings. The maximum absolute atomic E-state index is 11.4. The minimum Gasteiger partial charge on any atom is -0.469 e. The van der Waals surface area contributed by atoms with Crippen LogP contribution in [0.3, 0.4) is 0 Å². The van der Waals surface area contributed by atoms with E-state index in [4.69, 9.17) is 4.74 Å². The third kappa shape index (κ3) is 9.35. The lowest BCUT2D eigenvalue weighted by molar-refractivity contribution is -0.143. The summed E-state index contributed by atoms with van der Waals surface area (Å²) in [5.74, 6) is -0.127. The van der Waals surface area contributed by atoms with Gasteiger partial charge in [0.25, 0.3) is 0 Å². The van der Waals surface area contributed by atoms with Crippen molar-refractivity contribution < 1.29 is 9.53 Å². The van der Waals surface area contributed by atoms with E-state index < -0.39 is 0 Å². The van der Waals surface area contributed by atoms with E-state index in [0.29, 0.717) is 11.8 Å². The molecule has 0 aliphatic carbocycles.